The van der Waals surface area contributed by atoms with Gasteiger partial charge < -0.3 is 29.7 Å². The lowest BCUT2D eigenvalue weighted by Gasteiger charge is -2.26. The van der Waals surface area contributed by atoms with Crippen LogP contribution in [-0.4, -0.2) is 63.0 Å². The van der Waals surface area contributed by atoms with Crippen LogP contribution in [0.15, 0.2) is 23.2 Å². The molecule has 1 aromatic carbocycles. The number of guanidine groups is 1. The number of methoxy groups -OCH3 is 1. The molecule has 0 radical (unpaired) electrons. The highest BCUT2D eigenvalue weighted by Gasteiger charge is 2.20. The summed E-state index contributed by atoms with van der Waals surface area (Å²) < 4.78 is 16.3. The Balaban J connectivity index is 2.62. The molecule has 0 heterocycles. The molecule has 0 aliphatic heterocycles. The number of amides is 1. The highest BCUT2D eigenvalue weighted by atomic mass is 16.6. The first-order valence-electron chi connectivity index (χ1n) is 9.50. The second-order valence-corrected chi connectivity index (χ2v) is 6.98. The Labute approximate surface area is 168 Å². The molecular formula is C20H34N4O4. The predicted molar refractivity (Wildman–Crippen MR) is 113 cm³/mol. The first-order valence-corrected chi connectivity index (χ1v) is 9.50. The highest BCUT2D eigenvalue weighted by Crippen LogP contribution is 2.30. The number of nitrogens with zero attached hydrogens (tertiary/aromatic N) is 2. The van der Waals surface area contributed by atoms with Gasteiger partial charge in [0.25, 0.3) is 0 Å². The van der Waals surface area contributed by atoms with Crippen LogP contribution in [0.3, 0.4) is 0 Å². The number of benzene rings is 1. The van der Waals surface area contributed by atoms with Crippen LogP contribution in [0.5, 0.6) is 11.5 Å². The van der Waals surface area contributed by atoms with Gasteiger partial charge in [-0.05, 0) is 46.8 Å². The van der Waals surface area contributed by atoms with Crippen molar-refractivity contribution in [2.24, 2.45) is 4.99 Å². The summed E-state index contributed by atoms with van der Waals surface area (Å²) in [7, 11) is 3.29. The maximum absolute atomic E-state index is 12.2. The molecule has 8 nitrogen and oxygen atoms in total. The van der Waals surface area contributed by atoms with Crippen LogP contribution in [0.4, 0.5) is 10.5 Å². The van der Waals surface area contributed by atoms with E-state index in [1.54, 1.807) is 19.1 Å². The second kappa shape index (κ2) is 11.3. The van der Waals surface area contributed by atoms with Crippen molar-refractivity contribution in [3.05, 3.63) is 18.2 Å². The van der Waals surface area contributed by atoms with Crippen LogP contribution < -0.4 is 20.1 Å². The van der Waals surface area contributed by atoms with Crippen LogP contribution in [0.2, 0.25) is 0 Å². The predicted octanol–water partition coefficient (Wildman–Crippen LogP) is 3.34. The van der Waals surface area contributed by atoms with Gasteiger partial charge in [0.2, 0.25) is 0 Å². The zero-order chi connectivity index (χ0) is 21.2. The number of anilines is 1. The van der Waals surface area contributed by atoms with Gasteiger partial charge >= 0.3 is 6.09 Å². The van der Waals surface area contributed by atoms with E-state index in [1.807, 2.05) is 52.8 Å². The highest BCUT2D eigenvalue weighted by molar-refractivity contribution is 5.93. The van der Waals surface area contributed by atoms with Crippen molar-refractivity contribution >= 4 is 17.7 Å². The summed E-state index contributed by atoms with van der Waals surface area (Å²) in [6.45, 7) is 11.6. The number of hydrogen-bond acceptors (Lipinski definition) is 5. The summed E-state index contributed by atoms with van der Waals surface area (Å²) in [6, 6.07) is 5.58. The molecule has 0 aliphatic carbocycles. The SMILES string of the molecule is CCOc1ccc(NC(=NC)NCCN(CC)C(=O)OC(C)(C)C)cc1OC. The Morgan fingerprint density at radius 3 is 2.46 bits per heavy atom. The van der Waals surface area contributed by atoms with Crippen LogP contribution in [0.1, 0.15) is 34.6 Å². The van der Waals surface area contributed by atoms with Gasteiger partial charge in [0.05, 0.1) is 13.7 Å². The molecule has 1 amide bonds. The van der Waals surface area contributed by atoms with E-state index >= 15 is 0 Å². The fourth-order valence-corrected chi connectivity index (χ4v) is 2.35. The zero-order valence-corrected chi connectivity index (χ0v) is 18.1. The minimum atomic E-state index is -0.512. The molecule has 0 aromatic heterocycles. The maximum atomic E-state index is 12.2. The second-order valence-electron chi connectivity index (χ2n) is 6.98. The number of rotatable bonds is 8. The molecule has 0 saturated carbocycles. The fourth-order valence-electron chi connectivity index (χ4n) is 2.35. The van der Waals surface area contributed by atoms with Gasteiger partial charge in [-0.3, -0.25) is 4.99 Å². The summed E-state index contributed by atoms with van der Waals surface area (Å²) in [5.41, 5.74) is 0.301. The van der Waals surface area contributed by atoms with Crippen molar-refractivity contribution in [1.82, 2.24) is 10.2 Å². The Hall–Kier alpha value is -2.64. The average molecular weight is 395 g/mol. The van der Waals surface area contributed by atoms with Crippen molar-refractivity contribution in [2.75, 3.05) is 45.7 Å². The number of nitrogens with one attached hydrogen (secondary N) is 2. The number of carbonyl (C=O) groups is 1. The standard InChI is InChI=1S/C20H34N4O4/c1-8-24(19(25)28-20(3,4)5)13-12-22-18(21-6)23-15-10-11-16(27-9-2)17(14-15)26-7/h10-11,14H,8-9,12-13H2,1-7H3,(H2,21,22,23). The smallest absolute Gasteiger partial charge is 0.410 e. The molecule has 0 aliphatic rings. The van der Waals surface area contributed by atoms with E-state index in [1.165, 1.54) is 0 Å². The first kappa shape index (κ1) is 23.4. The number of aliphatic imine (C=N–C) groups is 1. The molecule has 0 bridgehead atoms. The Morgan fingerprint density at radius 2 is 1.93 bits per heavy atom. The van der Waals surface area contributed by atoms with Crippen molar-refractivity contribution in [1.29, 1.82) is 0 Å². The topological polar surface area (TPSA) is 84.4 Å². The van der Waals surface area contributed by atoms with E-state index in [0.29, 0.717) is 43.7 Å². The summed E-state index contributed by atoms with van der Waals surface area (Å²) in [6.07, 6.45) is -0.323. The third-order valence-electron chi connectivity index (χ3n) is 3.66. The molecule has 2 N–H and O–H groups in total. The Morgan fingerprint density at radius 1 is 1.21 bits per heavy atom. The normalized spacial score (nSPS) is 11.6. The van der Waals surface area contributed by atoms with Gasteiger partial charge in [0.15, 0.2) is 17.5 Å². The lowest BCUT2D eigenvalue weighted by atomic mass is 10.2. The number of likely N-dealkylation sites (N-methyl/N-ethyl adjacent to an activating group) is 1. The summed E-state index contributed by atoms with van der Waals surface area (Å²) in [5, 5.41) is 6.40. The first-order chi connectivity index (χ1) is 13.2. The van der Waals surface area contributed by atoms with E-state index in [2.05, 4.69) is 15.6 Å². The third kappa shape index (κ3) is 7.94. The van der Waals surface area contributed by atoms with Crippen molar-refractivity contribution in [3.63, 3.8) is 0 Å². The number of ether oxygens (including phenoxy) is 3. The molecule has 8 heteroatoms. The minimum absolute atomic E-state index is 0.323. The molecular weight excluding hydrogens is 360 g/mol. The molecule has 1 aromatic rings. The third-order valence-corrected chi connectivity index (χ3v) is 3.66. The summed E-state index contributed by atoms with van der Waals surface area (Å²) in [4.78, 5) is 18.0. The van der Waals surface area contributed by atoms with E-state index in [4.69, 9.17) is 14.2 Å². The Kier molecular flexibility index (Phi) is 9.41. The van der Waals surface area contributed by atoms with Crippen molar-refractivity contribution in [3.8, 4) is 11.5 Å². The van der Waals surface area contributed by atoms with E-state index in [0.717, 1.165) is 5.69 Å². The van der Waals surface area contributed by atoms with Crippen LogP contribution in [0, 0.1) is 0 Å². The number of hydrogen-bond donors (Lipinski definition) is 2. The van der Waals surface area contributed by atoms with Gasteiger partial charge in [0.1, 0.15) is 5.60 Å². The zero-order valence-electron chi connectivity index (χ0n) is 18.1. The molecule has 1 rings (SSSR count). The van der Waals surface area contributed by atoms with E-state index < -0.39 is 5.60 Å². The monoisotopic (exact) mass is 394 g/mol. The minimum Gasteiger partial charge on any atom is -0.493 e. The Bertz CT molecular complexity index is 656. The van der Waals surface area contributed by atoms with E-state index in [-0.39, 0.29) is 6.09 Å². The number of carbonyl (C=O) groups excluding carboxylic acids is 1. The van der Waals surface area contributed by atoms with Crippen molar-refractivity contribution in [2.45, 2.75) is 40.2 Å². The quantitative estimate of drug-likeness (QED) is 0.520. The molecule has 158 valence electrons. The fraction of sp³-hybridized carbons (Fsp3) is 0.600. The summed E-state index contributed by atoms with van der Waals surface area (Å²) in [5.74, 6) is 1.92. The average Bonchev–Trinajstić information content (AvgIpc) is 2.63. The van der Waals surface area contributed by atoms with Crippen LogP contribution in [-0.2, 0) is 4.74 Å². The molecule has 0 unspecified atom stereocenters. The van der Waals surface area contributed by atoms with Gasteiger partial charge in [-0.15, -0.1) is 0 Å². The molecule has 0 saturated heterocycles. The lowest BCUT2D eigenvalue weighted by Crippen LogP contribution is -2.42. The van der Waals surface area contributed by atoms with E-state index in [9.17, 15) is 4.79 Å². The molecule has 28 heavy (non-hydrogen) atoms. The lowest BCUT2D eigenvalue weighted by molar-refractivity contribution is 0.0264. The van der Waals surface area contributed by atoms with Gasteiger partial charge in [0, 0.05) is 38.4 Å². The maximum Gasteiger partial charge on any atom is 0.410 e. The van der Waals surface area contributed by atoms with Crippen LogP contribution >= 0.6 is 0 Å². The molecule has 0 spiro atoms. The van der Waals surface area contributed by atoms with Gasteiger partial charge in [-0.1, -0.05) is 0 Å². The largest absolute Gasteiger partial charge is 0.493 e. The van der Waals surface area contributed by atoms with Gasteiger partial charge in [-0.2, -0.15) is 0 Å². The molecule has 0 fully saturated rings. The van der Waals surface area contributed by atoms with Crippen molar-refractivity contribution < 1.29 is 19.0 Å². The molecule has 0 atom stereocenters. The summed E-state index contributed by atoms with van der Waals surface area (Å²) >= 11 is 0. The van der Waals surface area contributed by atoms with Gasteiger partial charge in [-0.25, -0.2) is 4.79 Å². The van der Waals surface area contributed by atoms with Crippen LogP contribution in [0.25, 0.3) is 0 Å².